The van der Waals surface area contributed by atoms with E-state index in [4.69, 9.17) is 34.8 Å². The van der Waals surface area contributed by atoms with E-state index in [1.54, 1.807) is 12.1 Å². The van der Waals surface area contributed by atoms with Gasteiger partial charge >= 0.3 is 0 Å². The van der Waals surface area contributed by atoms with Crippen molar-refractivity contribution < 1.29 is 4.79 Å². The van der Waals surface area contributed by atoms with E-state index in [0.717, 1.165) is 5.56 Å². The van der Waals surface area contributed by atoms with Crippen LogP contribution in [0.15, 0.2) is 30.3 Å². The number of carbonyl (C=O) groups excluding carboxylic acids is 1. The molecule has 4 nitrogen and oxygen atoms in total. The largest absolute Gasteiger partial charge is 0.348 e. The van der Waals surface area contributed by atoms with Crippen molar-refractivity contribution >= 4 is 40.7 Å². The number of nitrogens with one attached hydrogen (secondary N) is 1. The molecule has 0 bridgehead atoms. The number of nitrogens with zero attached hydrogens (tertiary/aromatic N) is 2. The molecule has 0 atom stereocenters. The van der Waals surface area contributed by atoms with Crippen LogP contribution in [-0.4, -0.2) is 16.1 Å². The van der Waals surface area contributed by atoms with Crippen LogP contribution in [0, 0.1) is 0 Å². The number of benzene rings is 1. The first-order chi connectivity index (χ1) is 9.06. The molecule has 1 amide bonds. The third-order valence-electron chi connectivity index (χ3n) is 2.33. The Balaban J connectivity index is 2.05. The zero-order valence-electron chi connectivity index (χ0n) is 9.53. The summed E-state index contributed by atoms with van der Waals surface area (Å²) < 4.78 is 0. The lowest BCUT2D eigenvalue weighted by atomic mass is 10.2. The van der Waals surface area contributed by atoms with Gasteiger partial charge in [0.05, 0.1) is 5.56 Å². The molecule has 0 aliphatic rings. The molecule has 0 radical (unpaired) electrons. The lowest BCUT2D eigenvalue weighted by Crippen LogP contribution is -2.23. The molecular weight excluding hydrogens is 309 g/mol. The molecule has 2 aromatic rings. The highest BCUT2D eigenvalue weighted by molar-refractivity contribution is 6.34. The van der Waals surface area contributed by atoms with Crippen LogP contribution in [0.1, 0.15) is 15.9 Å². The van der Waals surface area contributed by atoms with Gasteiger partial charge in [-0.2, -0.15) is 0 Å². The molecule has 0 aliphatic carbocycles. The Kier molecular flexibility index (Phi) is 4.58. The van der Waals surface area contributed by atoms with Crippen LogP contribution in [0.2, 0.25) is 15.3 Å². The monoisotopic (exact) mass is 315 g/mol. The third kappa shape index (κ3) is 3.80. The van der Waals surface area contributed by atoms with E-state index in [-0.39, 0.29) is 21.8 Å². The van der Waals surface area contributed by atoms with E-state index in [1.165, 1.54) is 6.07 Å². The molecule has 1 heterocycles. The Hall–Kier alpha value is -1.36. The van der Waals surface area contributed by atoms with Crippen molar-refractivity contribution in [3.8, 4) is 0 Å². The molecule has 0 unspecified atom stereocenters. The number of amides is 1. The Morgan fingerprint density at radius 2 is 1.79 bits per heavy atom. The summed E-state index contributed by atoms with van der Waals surface area (Å²) in [5, 5.41) is 10.6. The first kappa shape index (κ1) is 14.1. The maximum absolute atomic E-state index is 11.9. The first-order valence-electron chi connectivity index (χ1n) is 5.27. The van der Waals surface area contributed by atoms with E-state index >= 15 is 0 Å². The molecule has 0 saturated carbocycles. The normalized spacial score (nSPS) is 10.3. The Bertz CT molecular complexity index is 602. The fourth-order valence-electron chi connectivity index (χ4n) is 1.39. The minimum absolute atomic E-state index is 0.0120. The molecule has 98 valence electrons. The average molecular weight is 317 g/mol. The van der Waals surface area contributed by atoms with E-state index in [9.17, 15) is 4.79 Å². The maximum atomic E-state index is 11.9. The third-order valence-corrected chi connectivity index (χ3v) is 3.05. The summed E-state index contributed by atoms with van der Waals surface area (Å²) in [5.74, 6) is -0.364. The van der Waals surface area contributed by atoms with Crippen LogP contribution in [0.4, 0.5) is 0 Å². The zero-order chi connectivity index (χ0) is 13.8. The van der Waals surface area contributed by atoms with Gasteiger partial charge in [-0.15, -0.1) is 10.2 Å². The van der Waals surface area contributed by atoms with Crippen LogP contribution in [-0.2, 0) is 6.54 Å². The van der Waals surface area contributed by atoms with Crippen molar-refractivity contribution in [2.45, 2.75) is 6.54 Å². The molecular formula is C12H8Cl3N3O. The summed E-state index contributed by atoms with van der Waals surface area (Å²) in [6.07, 6.45) is 0. The summed E-state index contributed by atoms with van der Waals surface area (Å²) >= 11 is 17.2. The minimum Gasteiger partial charge on any atom is -0.348 e. The zero-order valence-corrected chi connectivity index (χ0v) is 11.8. The molecule has 2 rings (SSSR count). The molecule has 0 spiro atoms. The van der Waals surface area contributed by atoms with Crippen molar-refractivity contribution in [2.24, 2.45) is 0 Å². The van der Waals surface area contributed by atoms with Gasteiger partial charge in [-0.1, -0.05) is 46.9 Å². The van der Waals surface area contributed by atoms with Gasteiger partial charge in [0.2, 0.25) is 0 Å². The Morgan fingerprint density at radius 1 is 1.11 bits per heavy atom. The summed E-state index contributed by atoms with van der Waals surface area (Å²) in [4.78, 5) is 11.9. The summed E-state index contributed by atoms with van der Waals surface area (Å²) in [7, 11) is 0. The minimum atomic E-state index is -0.364. The van der Waals surface area contributed by atoms with Crippen molar-refractivity contribution in [1.82, 2.24) is 15.5 Å². The number of halogens is 3. The molecule has 7 heteroatoms. The number of hydrogen-bond acceptors (Lipinski definition) is 3. The fraction of sp³-hybridized carbons (Fsp3) is 0.0833. The second-order valence-corrected chi connectivity index (χ2v) is 4.86. The van der Waals surface area contributed by atoms with Gasteiger partial charge in [0, 0.05) is 11.6 Å². The summed E-state index contributed by atoms with van der Waals surface area (Å²) in [6.45, 7) is 0.353. The Morgan fingerprint density at radius 3 is 2.47 bits per heavy atom. The smallest absolute Gasteiger partial charge is 0.254 e. The Labute approximate surface area is 124 Å². The van der Waals surface area contributed by atoms with Crippen molar-refractivity contribution in [3.05, 3.63) is 56.8 Å². The van der Waals surface area contributed by atoms with Crippen molar-refractivity contribution in [1.29, 1.82) is 0 Å². The van der Waals surface area contributed by atoms with Crippen LogP contribution in [0.25, 0.3) is 0 Å². The molecule has 0 aliphatic heterocycles. The quantitative estimate of drug-likeness (QED) is 0.944. The van der Waals surface area contributed by atoms with Crippen LogP contribution in [0.5, 0.6) is 0 Å². The molecule has 1 aromatic heterocycles. The molecule has 0 fully saturated rings. The highest BCUT2D eigenvalue weighted by Gasteiger charge is 2.12. The van der Waals surface area contributed by atoms with E-state index in [1.807, 2.05) is 12.1 Å². The van der Waals surface area contributed by atoms with Gasteiger partial charge in [-0.3, -0.25) is 4.79 Å². The highest BCUT2D eigenvalue weighted by atomic mass is 35.5. The summed E-state index contributed by atoms with van der Waals surface area (Å²) in [6, 6.07) is 8.51. The fourth-order valence-corrected chi connectivity index (χ4v) is 1.84. The number of carbonyl (C=O) groups is 1. The number of aromatic nitrogens is 2. The standard InChI is InChI=1S/C12H8Cl3N3O/c13-8-3-1-7(2-4-8)6-16-12(19)9-5-10(14)17-18-11(9)15/h1-5H,6H2,(H,16,19). The van der Waals surface area contributed by atoms with Crippen LogP contribution < -0.4 is 5.32 Å². The van der Waals surface area contributed by atoms with Crippen molar-refractivity contribution in [3.63, 3.8) is 0 Å². The molecule has 19 heavy (non-hydrogen) atoms. The molecule has 1 N–H and O–H groups in total. The van der Waals surface area contributed by atoms with Crippen molar-refractivity contribution in [2.75, 3.05) is 0 Å². The lowest BCUT2D eigenvalue weighted by molar-refractivity contribution is 0.0950. The van der Waals surface area contributed by atoms with Gasteiger partial charge < -0.3 is 5.32 Å². The number of rotatable bonds is 3. The van der Waals surface area contributed by atoms with E-state index in [2.05, 4.69) is 15.5 Å². The average Bonchev–Trinajstić information content (AvgIpc) is 2.40. The summed E-state index contributed by atoms with van der Waals surface area (Å²) in [5.41, 5.74) is 1.11. The predicted molar refractivity (Wildman–Crippen MR) is 74.7 cm³/mol. The van der Waals surface area contributed by atoms with E-state index < -0.39 is 0 Å². The van der Waals surface area contributed by atoms with Crippen LogP contribution >= 0.6 is 34.8 Å². The first-order valence-corrected chi connectivity index (χ1v) is 6.41. The van der Waals surface area contributed by atoms with E-state index in [0.29, 0.717) is 11.6 Å². The number of hydrogen-bond donors (Lipinski definition) is 1. The highest BCUT2D eigenvalue weighted by Crippen LogP contribution is 2.15. The lowest BCUT2D eigenvalue weighted by Gasteiger charge is -2.06. The molecule has 1 aromatic carbocycles. The van der Waals surface area contributed by atoms with Gasteiger partial charge in [-0.25, -0.2) is 0 Å². The van der Waals surface area contributed by atoms with Gasteiger partial charge in [0.15, 0.2) is 10.3 Å². The maximum Gasteiger partial charge on any atom is 0.254 e. The van der Waals surface area contributed by atoms with Gasteiger partial charge in [0.25, 0.3) is 5.91 Å². The van der Waals surface area contributed by atoms with Gasteiger partial charge in [-0.05, 0) is 23.8 Å². The SMILES string of the molecule is O=C(NCc1ccc(Cl)cc1)c1cc(Cl)nnc1Cl. The predicted octanol–water partition coefficient (Wildman–Crippen LogP) is 3.37. The molecule has 0 saturated heterocycles. The second-order valence-electron chi connectivity index (χ2n) is 3.68. The second kappa shape index (κ2) is 6.19. The topological polar surface area (TPSA) is 54.9 Å². The van der Waals surface area contributed by atoms with Crippen LogP contribution in [0.3, 0.4) is 0 Å². The van der Waals surface area contributed by atoms with Gasteiger partial charge in [0.1, 0.15) is 0 Å².